The Morgan fingerprint density at radius 2 is 2.07 bits per heavy atom. The van der Waals surface area contributed by atoms with E-state index in [4.69, 9.17) is 0 Å². The van der Waals surface area contributed by atoms with Crippen LogP contribution in [0.4, 0.5) is 17.5 Å². The first-order chi connectivity index (χ1) is 13.2. The first kappa shape index (κ1) is 21.8. The van der Waals surface area contributed by atoms with E-state index >= 15 is 0 Å². The lowest BCUT2D eigenvalue weighted by Gasteiger charge is -2.26. The summed E-state index contributed by atoms with van der Waals surface area (Å²) in [6.07, 6.45) is 10.0. The number of quaternary nitrogens is 1. The number of nitrogens with one attached hydrogen (secondary N) is 3. The number of nitrogens with two attached hydrogens (primary N) is 1. The van der Waals surface area contributed by atoms with Crippen molar-refractivity contribution in [2.24, 2.45) is 5.92 Å². The van der Waals surface area contributed by atoms with E-state index in [-0.39, 0.29) is 23.9 Å². The summed E-state index contributed by atoms with van der Waals surface area (Å²) in [6.45, 7) is 1.30. The topological polar surface area (TPSA) is 138 Å². The minimum absolute atomic E-state index is 0. The molecule has 1 saturated carbocycles. The average molecular weight is 411 g/mol. The van der Waals surface area contributed by atoms with Crippen LogP contribution in [0.5, 0.6) is 0 Å². The van der Waals surface area contributed by atoms with Crippen molar-refractivity contribution in [3.8, 4) is 0 Å². The molecule has 1 aliphatic carbocycles. The second kappa shape index (κ2) is 10.8. The van der Waals surface area contributed by atoms with Crippen molar-refractivity contribution in [1.82, 2.24) is 19.9 Å². The van der Waals surface area contributed by atoms with Crippen molar-refractivity contribution in [3.05, 3.63) is 34.5 Å². The summed E-state index contributed by atoms with van der Waals surface area (Å²) in [5.41, 5.74) is 0.910. The van der Waals surface area contributed by atoms with Gasteiger partial charge in [-0.2, -0.15) is 4.98 Å². The molecule has 0 radical (unpaired) electrons. The summed E-state index contributed by atoms with van der Waals surface area (Å²) in [6, 6.07) is 0.709. The summed E-state index contributed by atoms with van der Waals surface area (Å²) in [5, 5.41) is 19.8. The van der Waals surface area contributed by atoms with Gasteiger partial charge in [-0.25, -0.2) is 9.97 Å². The fraction of sp³-hybridized carbons (Fsp3) is 0.588. The van der Waals surface area contributed by atoms with Gasteiger partial charge in [-0.3, -0.25) is 10.1 Å². The Morgan fingerprint density at radius 3 is 2.71 bits per heavy atom. The van der Waals surface area contributed by atoms with Gasteiger partial charge < -0.3 is 33.3 Å². The third-order valence-corrected chi connectivity index (χ3v) is 5.12. The van der Waals surface area contributed by atoms with Gasteiger partial charge >= 0.3 is 5.69 Å². The van der Waals surface area contributed by atoms with Gasteiger partial charge in [0.1, 0.15) is 6.20 Å². The fourth-order valence-corrected chi connectivity index (χ4v) is 3.42. The van der Waals surface area contributed by atoms with Crippen LogP contribution in [-0.4, -0.2) is 51.0 Å². The SMILES string of the molecule is C[NH2+]C1CCC(CNc2nc(NCCc3cnc[nH]3)ncc2[N+](=O)[O-])CC1.[Cl-]. The van der Waals surface area contributed by atoms with Crippen LogP contribution in [-0.2, 0) is 6.42 Å². The maximum atomic E-state index is 11.3. The van der Waals surface area contributed by atoms with E-state index < -0.39 is 4.92 Å². The smallest absolute Gasteiger partial charge is 0.329 e. The first-order valence-electron chi connectivity index (χ1n) is 9.41. The van der Waals surface area contributed by atoms with Gasteiger partial charge in [-0.15, -0.1) is 0 Å². The van der Waals surface area contributed by atoms with Crippen LogP contribution >= 0.6 is 0 Å². The fourth-order valence-electron chi connectivity index (χ4n) is 3.42. The number of anilines is 2. The number of imidazole rings is 1. The molecule has 1 aliphatic rings. The lowest BCUT2D eigenvalue weighted by atomic mass is 9.86. The number of hydrogen-bond donors (Lipinski definition) is 4. The third kappa shape index (κ3) is 6.03. The number of rotatable bonds is 9. The average Bonchev–Trinajstić information content (AvgIpc) is 3.20. The highest BCUT2D eigenvalue weighted by Crippen LogP contribution is 2.26. The molecule has 0 bridgehead atoms. The zero-order valence-corrected chi connectivity index (χ0v) is 16.7. The molecule has 0 amide bonds. The van der Waals surface area contributed by atoms with Gasteiger partial charge in [-0.1, -0.05) is 0 Å². The highest BCUT2D eigenvalue weighted by Gasteiger charge is 2.24. The highest BCUT2D eigenvalue weighted by molar-refractivity contribution is 5.57. The molecule has 0 atom stereocenters. The summed E-state index contributed by atoms with van der Waals surface area (Å²) in [7, 11) is 2.12. The molecule has 154 valence electrons. The van der Waals surface area contributed by atoms with E-state index in [2.05, 4.69) is 42.9 Å². The van der Waals surface area contributed by atoms with E-state index in [0.29, 0.717) is 31.0 Å². The van der Waals surface area contributed by atoms with E-state index in [1.54, 1.807) is 12.5 Å². The molecule has 10 nitrogen and oxygen atoms in total. The number of hydrogen-bond acceptors (Lipinski definition) is 7. The molecule has 0 aromatic carbocycles. The number of aromatic amines is 1. The van der Waals surface area contributed by atoms with E-state index in [1.165, 1.54) is 19.0 Å². The lowest BCUT2D eigenvalue weighted by Crippen LogP contribution is -3.00. The molecule has 3 rings (SSSR count). The third-order valence-electron chi connectivity index (χ3n) is 5.12. The molecule has 0 aliphatic heterocycles. The molecule has 28 heavy (non-hydrogen) atoms. The van der Waals surface area contributed by atoms with Crippen LogP contribution in [0.3, 0.4) is 0 Å². The zero-order chi connectivity index (χ0) is 19.1. The van der Waals surface area contributed by atoms with Crippen LogP contribution < -0.4 is 28.4 Å². The van der Waals surface area contributed by atoms with Gasteiger partial charge in [0.15, 0.2) is 0 Å². The van der Waals surface area contributed by atoms with Gasteiger partial charge in [0.2, 0.25) is 11.8 Å². The van der Waals surface area contributed by atoms with E-state index in [0.717, 1.165) is 25.0 Å². The molecule has 2 aromatic heterocycles. The molecular formula is C17H27ClN8O2. The Bertz CT molecular complexity index is 735. The summed E-state index contributed by atoms with van der Waals surface area (Å²) < 4.78 is 0. The Balaban J connectivity index is 0.00000280. The molecule has 5 N–H and O–H groups in total. The molecule has 1 fully saturated rings. The lowest BCUT2D eigenvalue weighted by molar-refractivity contribution is -0.666. The highest BCUT2D eigenvalue weighted by atomic mass is 35.5. The van der Waals surface area contributed by atoms with Crippen LogP contribution in [0.2, 0.25) is 0 Å². The maximum Gasteiger partial charge on any atom is 0.329 e. The van der Waals surface area contributed by atoms with Crippen molar-refractivity contribution >= 4 is 17.5 Å². The van der Waals surface area contributed by atoms with Crippen molar-refractivity contribution in [2.75, 3.05) is 30.8 Å². The Labute approximate surface area is 169 Å². The van der Waals surface area contributed by atoms with Crippen molar-refractivity contribution < 1.29 is 22.6 Å². The monoisotopic (exact) mass is 410 g/mol. The first-order valence-corrected chi connectivity index (χ1v) is 9.41. The van der Waals surface area contributed by atoms with Gasteiger partial charge in [-0.05, 0) is 31.6 Å². The quantitative estimate of drug-likeness (QED) is 0.275. The van der Waals surface area contributed by atoms with Crippen LogP contribution in [0.25, 0.3) is 0 Å². The van der Waals surface area contributed by atoms with Crippen LogP contribution in [0.1, 0.15) is 31.4 Å². The molecule has 0 saturated heterocycles. The minimum Gasteiger partial charge on any atom is -1.00 e. The second-order valence-electron chi connectivity index (χ2n) is 6.93. The molecule has 11 heteroatoms. The Kier molecular flexibility index (Phi) is 8.40. The molecular weight excluding hydrogens is 384 g/mol. The van der Waals surface area contributed by atoms with Crippen molar-refractivity contribution in [1.29, 1.82) is 0 Å². The van der Waals surface area contributed by atoms with Gasteiger partial charge in [0, 0.05) is 31.4 Å². The maximum absolute atomic E-state index is 11.3. The number of H-pyrrole nitrogens is 1. The standard InChI is InChI=1S/C17H26N8O2.ClH/c1-18-13-4-2-12(3-5-13)8-21-16-15(25(26)27)10-22-17(24-16)20-7-6-14-9-19-11-23-14;/h9-13,18H,2-8H2,1H3,(H,19,23)(H2,20,21,22,24);1H. The van der Waals surface area contributed by atoms with Crippen LogP contribution in [0.15, 0.2) is 18.7 Å². The zero-order valence-electron chi connectivity index (χ0n) is 15.9. The largest absolute Gasteiger partial charge is 1.00 e. The molecule has 0 spiro atoms. The normalized spacial score (nSPS) is 18.9. The van der Waals surface area contributed by atoms with Crippen molar-refractivity contribution in [2.45, 2.75) is 38.1 Å². The number of aromatic nitrogens is 4. The number of halogens is 1. The van der Waals surface area contributed by atoms with E-state index in [9.17, 15) is 10.1 Å². The molecule has 0 unspecified atom stereocenters. The molecule has 2 aromatic rings. The predicted molar refractivity (Wildman–Crippen MR) is 102 cm³/mol. The Morgan fingerprint density at radius 1 is 1.29 bits per heavy atom. The van der Waals surface area contributed by atoms with Crippen LogP contribution in [0, 0.1) is 16.0 Å². The summed E-state index contributed by atoms with van der Waals surface area (Å²) in [4.78, 5) is 26.2. The Hall–Kier alpha value is -2.46. The molecule has 2 heterocycles. The van der Waals surface area contributed by atoms with Crippen molar-refractivity contribution in [3.63, 3.8) is 0 Å². The van der Waals surface area contributed by atoms with E-state index in [1.807, 2.05) is 0 Å². The number of nitro groups is 1. The van der Waals surface area contributed by atoms with Gasteiger partial charge in [0.05, 0.1) is 24.3 Å². The summed E-state index contributed by atoms with van der Waals surface area (Å²) >= 11 is 0. The predicted octanol–water partition coefficient (Wildman–Crippen LogP) is -2.07. The summed E-state index contributed by atoms with van der Waals surface area (Å²) in [5.74, 6) is 1.18. The minimum atomic E-state index is -0.445. The number of nitrogens with zero attached hydrogens (tertiary/aromatic N) is 4. The van der Waals surface area contributed by atoms with Gasteiger partial charge in [0.25, 0.3) is 0 Å². The second-order valence-corrected chi connectivity index (χ2v) is 6.93.